The molecule has 0 radical (unpaired) electrons. The van der Waals surface area contributed by atoms with Crippen molar-refractivity contribution in [2.75, 3.05) is 0 Å². The number of amides is 1. The molecule has 0 saturated heterocycles. The van der Waals surface area contributed by atoms with Gasteiger partial charge in [-0.3, -0.25) is 14.0 Å². The van der Waals surface area contributed by atoms with Gasteiger partial charge in [-0.1, -0.05) is 0 Å². The van der Waals surface area contributed by atoms with Gasteiger partial charge in [-0.05, 0) is 13.8 Å². The number of carbonyl (C=O) groups is 2. The molecule has 0 aliphatic carbocycles. The molecule has 0 fully saturated rings. The first-order chi connectivity index (χ1) is 8.83. The molecular weight excluding hydrogens is 270 g/mol. The summed E-state index contributed by atoms with van der Waals surface area (Å²) in [5, 5.41) is 12.9. The molecule has 0 bridgehead atoms. The first kappa shape index (κ1) is 13.2. The van der Waals surface area contributed by atoms with E-state index in [0.717, 1.165) is 6.20 Å². The highest BCUT2D eigenvalue weighted by Crippen LogP contribution is 2.07. The molecule has 2 aromatic heterocycles. The van der Waals surface area contributed by atoms with Gasteiger partial charge in [0.15, 0.2) is 4.96 Å². The number of hydrogen-bond donors (Lipinski definition) is 2. The fourth-order valence-corrected chi connectivity index (χ4v) is 2.06. The Hall–Kier alpha value is -2.22. The Bertz CT molecular complexity index is 716. The molecule has 1 amide bonds. The van der Waals surface area contributed by atoms with Gasteiger partial charge in [-0.2, -0.15) is 0 Å². The maximum Gasteiger partial charge on any atom is 0.328 e. The van der Waals surface area contributed by atoms with Crippen molar-refractivity contribution in [1.82, 2.24) is 14.7 Å². The molecule has 2 rings (SSSR count). The number of carbonyl (C=O) groups excluding carboxylic acids is 1. The summed E-state index contributed by atoms with van der Waals surface area (Å²) in [6.45, 7) is 2.67. The number of thiazole rings is 1. The van der Waals surface area contributed by atoms with Gasteiger partial charge in [0.1, 0.15) is 11.1 Å². The van der Waals surface area contributed by atoms with Crippen molar-refractivity contribution < 1.29 is 14.7 Å². The summed E-state index contributed by atoms with van der Waals surface area (Å²) in [7, 11) is 0. The summed E-state index contributed by atoms with van der Waals surface area (Å²) in [5.41, 5.74) is -2.17. The fraction of sp³-hybridized carbons (Fsp3) is 0.273. The molecule has 100 valence electrons. The molecular formula is C11H11N3O4S. The highest BCUT2D eigenvalue weighted by atomic mass is 32.1. The summed E-state index contributed by atoms with van der Waals surface area (Å²) in [6.07, 6.45) is 2.66. The molecule has 0 spiro atoms. The van der Waals surface area contributed by atoms with Crippen molar-refractivity contribution in [3.05, 3.63) is 33.7 Å². The molecule has 2 heterocycles. The van der Waals surface area contributed by atoms with Crippen LogP contribution >= 0.6 is 11.3 Å². The molecule has 0 saturated carbocycles. The number of aliphatic carboxylic acids is 1. The normalized spacial score (nSPS) is 11.5. The molecule has 2 aromatic rings. The first-order valence-electron chi connectivity index (χ1n) is 5.34. The van der Waals surface area contributed by atoms with E-state index in [-0.39, 0.29) is 5.56 Å². The smallest absolute Gasteiger partial charge is 0.328 e. The zero-order valence-electron chi connectivity index (χ0n) is 10.2. The van der Waals surface area contributed by atoms with Crippen molar-refractivity contribution in [1.29, 1.82) is 0 Å². The number of nitrogens with zero attached hydrogens (tertiary/aromatic N) is 2. The van der Waals surface area contributed by atoms with E-state index in [1.165, 1.54) is 35.8 Å². The van der Waals surface area contributed by atoms with E-state index in [2.05, 4.69) is 10.3 Å². The van der Waals surface area contributed by atoms with Crippen LogP contribution in [0.4, 0.5) is 0 Å². The van der Waals surface area contributed by atoms with Crippen LogP contribution in [0.2, 0.25) is 0 Å². The fourth-order valence-electron chi connectivity index (χ4n) is 1.39. The van der Waals surface area contributed by atoms with Crippen LogP contribution in [0.5, 0.6) is 0 Å². The van der Waals surface area contributed by atoms with Crippen LogP contribution in [0.3, 0.4) is 0 Å². The standard InChI is InChI=1S/C11H11N3O4S/c1-11(2,9(17)18)13-7(15)6-5-12-10-14(8(6)16)3-4-19-10/h3-5H,1-2H3,(H,13,15)(H,17,18). The number of carboxylic acids is 1. The Balaban J connectivity index is 2.40. The van der Waals surface area contributed by atoms with Crippen LogP contribution in [0.25, 0.3) is 4.96 Å². The number of carboxylic acid groups (broad SMARTS) is 1. The molecule has 7 nitrogen and oxygen atoms in total. The SMILES string of the molecule is CC(C)(NC(=O)c1cnc2sccn2c1=O)C(=O)O. The summed E-state index contributed by atoms with van der Waals surface area (Å²) < 4.78 is 1.24. The lowest BCUT2D eigenvalue weighted by Crippen LogP contribution is -2.50. The lowest BCUT2D eigenvalue weighted by atomic mass is 10.1. The number of aromatic nitrogens is 2. The van der Waals surface area contributed by atoms with Gasteiger partial charge in [0, 0.05) is 17.8 Å². The van der Waals surface area contributed by atoms with Crippen LogP contribution in [0, 0.1) is 0 Å². The van der Waals surface area contributed by atoms with Gasteiger partial charge in [0.05, 0.1) is 0 Å². The Kier molecular flexibility index (Phi) is 3.11. The lowest BCUT2D eigenvalue weighted by molar-refractivity contribution is -0.143. The van der Waals surface area contributed by atoms with Crippen molar-refractivity contribution in [3.8, 4) is 0 Å². The van der Waals surface area contributed by atoms with Crippen molar-refractivity contribution >= 4 is 28.2 Å². The zero-order valence-corrected chi connectivity index (χ0v) is 11.0. The Labute approximate surface area is 111 Å². The van der Waals surface area contributed by atoms with E-state index in [1.807, 2.05) is 0 Å². The topological polar surface area (TPSA) is 101 Å². The maximum atomic E-state index is 12.0. The maximum absolute atomic E-state index is 12.0. The molecule has 0 atom stereocenters. The van der Waals surface area contributed by atoms with Gasteiger partial charge in [-0.15, -0.1) is 11.3 Å². The molecule has 0 unspecified atom stereocenters. The minimum atomic E-state index is -1.46. The average molecular weight is 281 g/mol. The predicted molar refractivity (Wildman–Crippen MR) is 68.5 cm³/mol. The zero-order chi connectivity index (χ0) is 14.2. The minimum absolute atomic E-state index is 0.190. The van der Waals surface area contributed by atoms with Crippen molar-refractivity contribution in [3.63, 3.8) is 0 Å². The third-order valence-corrected chi connectivity index (χ3v) is 3.32. The summed E-state index contributed by atoms with van der Waals surface area (Å²) in [4.78, 5) is 39.3. The lowest BCUT2D eigenvalue weighted by Gasteiger charge is -2.20. The Morgan fingerprint density at radius 2 is 2.16 bits per heavy atom. The number of nitrogens with one attached hydrogen (secondary N) is 1. The third kappa shape index (κ3) is 2.34. The first-order valence-corrected chi connectivity index (χ1v) is 6.21. The molecule has 0 aromatic carbocycles. The van der Waals surface area contributed by atoms with E-state index in [9.17, 15) is 14.4 Å². The molecule has 0 aliphatic rings. The van der Waals surface area contributed by atoms with Gasteiger partial charge in [0.25, 0.3) is 11.5 Å². The van der Waals surface area contributed by atoms with Crippen LogP contribution in [0.15, 0.2) is 22.6 Å². The second-order valence-electron chi connectivity index (χ2n) is 4.42. The van der Waals surface area contributed by atoms with Gasteiger partial charge in [-0.25, -0.2) is 9.78 Å². The summed E-state index contributed by atoms with van der Waals surface area (Å²) >= 11 is 1.27. The van der Waals surface area contributed by atoms with Crippen molar-refractivity contribution in [2.45, 2.75) is 19.4 Å². The number of fused-ring (bicyclic) bond motifs is 1. The average Bonchev–Trinajstić information content (AvgIpc) is 2.77. The Morgan fingerprint density at radius 1 is 1.47 bits per heavy atom. The van der Waals surface area contributed by atoms with E-state index in [4.69, 9.17) is 5.11 Å². The van der Waals surface area contributed by atoms with Crippen LogP contribution < -0.4 is 10.9 Å². The highest BCUT2D eigenvalue weighted by molar-refractivity contribution is 7.15. The van der Waals surface area contributed by atoms with E-state index >= 15 is 0 Å². The second-order valence-corrected chi connectivity index (χ2v) is 5.29. The summed E-state index contributed by atoms with van der Waals surface area (Å²) in [5.74, 6) is -1.95. The predicted octanol–water partition coefficient (Wildman–Crippen LogP) is 0.349. The van der Waals surface area contributed by atoms with Crippen LogP contribution in [-0.4, -0.2) is 31.9 Å². The highest BCUT2D eigenvalue weighted by Gasteiger charge is 2.30. The van der Waals surface area contributed by atoms with Gasteiger partial charge < -0.3 is 10.4 Å². The van der Waals surface area contributed by atoms with Crippen LogP contribution in [-0.2, 0) is 4.79 Å². The van der Waals surface area contributed by atoms with Gasteiger partial charge in [0.2, 0.25) is 0 Å². The molecule has 19 heavy (non-hydrogen) atoms. The third-order valence-electron chi connectivity index (χ3n) is 2.55. The van der Waals surface area contributed by atoms with E-state index in [0.29, 0.717) is 4.96 Å². The molecule has 8 heteroatoms. The molecule has 0 aliphatic heterocycles. The van der Waals surface area contributed by atoms with Gasteiger partial charge >= 0.3 is 5.97 Å². The molecule has 2 N–H and O–H groups in total. The van der Waals surface area contributed by atoms with Crippen molar-refractivity contribution in [2.24, 2.45) is 0 Å². The number of hydrogen-bond acceptors (Lipinski definition) is 5. The van der Waals surface area contributed by atoms with E-state index < -0.39 is 23.0 Å². The van der Waals surface area contributed by atoms with Crippen LogP contribution in [0.1, 0.15) is 24.2 Å². The quantitative estimate of drug-likeness (QED) is 0.845. The monoisotopic (exact) mass is 281 g/mol. The van der Waals surface area contributed by atoms with E-state index in [1.54, 1.807) is 5.38 Å². The Morgan fingerprint density at radius 3 is 2.79 bits per heavy atom. The minimum Gasteiger partial charge on any atom is -0.480 e. The largest absolute Gasteiger partial charge is 0.480 e. The summed E-state index contributed by atoms with van der Waals surface area (Å²) in [6, 6.07) is 0. The second kappa shape index (κ2) is 4.47. The number of rotatable bonds is 3.